The minimum atomic E-state index is -4.35. The third kappa shape index (κ3) is 2.47. The van der Waals surface area contributed by atoms with Crippen LogP contribution in [-0.2, 0) is 0 Å². The fourth-order valence-electron chi connectivity index (χ4n) is 1.22. The van der Waals surface area contributed by atoms with Crippen LogP contribution < -0.4 is 0 Å². The molecule has 14 heavy (non-hydrogen) atoms. The number of hydrogen-bond acceptors (Lipinski definition) is 1. The Bertz CT molecular complexity index is 308. The molecule has 0 aliphatic carbocycles. The maximum atomic E-state index is 12.4. The predicted octanol–water partition coefficient (Wildman–Crippen LogP) is 3.63. The first-order chi connectivity index (χ1) is 6.45. The molecule has 0 amide bonds. The lowest BCUT2D eigenvalue weighted by atomic mass is 10.1. The zero-order valence-corrected chi connectivity index (χ0v) is 8.15. The van der Waals surface area contributed by atoms with Gasteiger partial charge in [-0.1, -0.05) is 13.0 Å². The normalized spacial score (nSPS) is 18.2. The molecule has 0 fully saturated rings. The zero-order valence-electron chi connectivity index (χ0n) is 8.15. The van der Waals surface area contributed by atoms with Crippen LogP contribution in [0.15, 0.2) is 28.4 Å². The van der Waals surface area contributed by atoms with E-state index in [0.29, 0.717) is 6.42 Å². The second-order valence-corrected chi connectivity index (χ2v) is 3.21. The molecule has 0 saturated carbocycles. The minimum Gasteiger partial charge on any atom is -0.252 e. The lowest BCUT2D eigenvalue weighted by Crippen LogP contribution is -2.23. The Labute approximate surface area is 81.0 Å². The van der Waals surface area contributed by atoms with Crippen molar-refractivity contribution in [2.45, 2.75) is 32.9 Å². The monoisotopic (exact) mass is 203 g/mol. The minimum absolute atomic E-state index is 0.206. The molecule has 4 heteroatoms. The van der Waals surface area contributed by atoms with Crippen molar-refractivity contribution < 1.29 is 13.2 Å². The largest absolute Gasteiger partial charge is 0.433 e. The fourth-order valence-corrected chi connectivity index (χ4v) is 1.22. The van der Waals surface area contributed by atoms with E-state index in [9.17, 15) is 13.2 Å². The van der Waals surface area contributed by atoms with Crippen molar-refractivity contribution in [2.75, 3.05) is 0 Å². The molecule has 0 aromatic heterocycles. The second kappa shape index (κ2) is 3.98. The van der Waals surface area contributed by atoms with Crippen molar-refractivity contribution in [1.82, 2.24) is 0 Å². The molecule has 0 atom stereocenters. The van der Waals surface area contributed by atoms with Gasteiger partial charge in [0.25, 0.3) is 0 Å². The van der Waals surface area contributed by atoms with Crippen LogP contribution in [0.3, 0.4) is 0 Å². The van der Waals surface area contributed by atoms with Crippen LogP contribution in [0.2, 0.25) is 0 Å². The number of allylic oxidation sites excluding steroid dienone is 3. The average Bonchev–Trinajstić information content (AvgIpc) is 2.25. The third-order valence-electron chi connectivity index (χ3n) is 2.14. The van der Waals surface area contributed by atoms with Gasteiger partial charge in [0.05, 0.1) is 0 Å². The molecular formula is C10H12F3N. The summed E-state index contributed by atoms with van der Waals surface area (Å²) in [6.07, 6.45) is -0.144. The number of halogens is 3. The van der Waals surface area contributed by atoms with Crippen LogP contribution in [0, 0.1) is 0 Å². The van der Waals surface area contributed by atoms with E-state index in [1.165, 1.54) is 13.1 Å². The lowest BCUT2D eigenvalue weighted by molar-refractivity contribution is -0.0581. The van der Waals surface area contributed by atoms with Crippen molar-refractivity contribution in [2.24, 2.45) is 4.99 Å². The molecule has 0 radical (unpaired) electrons. The zero-order chi connectivity index (χ0) is 10.8. The molecule has 0 bridgehead atoms. The molecule has 1 aliphatic rings. The Morgan fingerprint density at radius 2 is 2.07 bits per heavy atom. The van der Waals surface area contributed by atoms with Crippen molar-refractivity contribution >= 4 is 5.71 Å². The molecule has 0 N–H and O–H groups in total. The highest BCUT2D eigenvalue weighted by Gasteiger charge is 2.36. The maximum absolute atomic E-state index is 12.4. The number of alkyl halides is 3. The molecule has 1 heterocycles. The summed E-state index contributed by atoms with van der Waals surface area (Å²) in [5, 5.41) is 0. The van der Waals surface area contributed by atoms with Gasteiger partial charge in [-0.05, 0) is 30.9 Å². The standard InChI is InChI=1S/C10H12F3N/c1-3-8-5-4-7(2)9(14-6-8)10(11,12)13/h4,6H,3,5H2,1-2H3. The van der Waals surface area contributed by atoms with E-state index in [-0.39, 0.29) is 5.57 Å². The van der Waals surface area contributed by atoms with Crippen LogP contribution in [0.5, 0.6) is 0 Å². The van der Waals surface area contributed by atoms with Gasteiger partial charge in [0.1, 0.15) is 5.71 Å². The molecule has 0 unspecified atom stereocenters. The van der Waals surface area contributed by atoms with E-state index in [4.69, 9.17) is 0 Å². The van der Waals surface area contributed by atoms with E-state index in [2.05, 4.69) is 4.99 Å². The summed E-state index contributed by atoms with van der Waals surface area (Å²) in [6.45, 7) is 3.35. The summed E-state index contributed by atoms with van der Waals surface area (Å²) < 4.78 is 37.2. The van der Waals surface area contributed by atoms with Gasteiger partial charge in [-0.15, -0.1) is 0 Å². The molecule has 0 spiro atoms. The lowest BCUT2D eigenvalue weighted by Gasteiger charge is -2.08. The van der Waals surface area contributed by atoms with E-state index in [1.807, 2.05) is 6.92 Å². The Hall–Kier alpha value is -1.06. The Morgan fingerprint density at radius 1 is 1.43 bits per heavy atom. The number of nitrogens with zero attached hydrogens (tertiary/aromatic N) is 1. The van der Waals surface area contributed by atoms with Crippen molar-refractivity contribution in [3.63, 3.8) is 0 Å². The van der Waals surface area contributed by atoms with Gasteiger partial charge < -0.3 is 0 Å². The molecule has 0 aromatic carbocycles. The summed E-state index contributed by atoms with van der Waals surface area (Å²) in [5.41, 5.74) is 0.349. The average molecular weight is 203 g/mol. The van der Waals surface area contributed by atoms with Crippen LogP contribution >= 0.6 is 0 Å². The topological polar surface area (TPSA) is 12.4 Å². The van der Waals surface area contributed by atoms with Crippen LogP contribution in [0.1, 0.15) is 26.7 Å². The first-order valence-corrected chi connectivity index (χ1v) is 4.45. The summed E-state index contributed by atoms with van der Waals surface area (Å²) in [6, 6.07) is 0. The highest BCUT2D eigenvalue weighted by Crippen LogP contribution is 2.25. The van der Waals surface area contributed by atoms with Gasteiger partial charge in [-0.2, -0.15) is 13.2 Å². The number of aliphatic imine (C=N–C) groups is 1. The maximum Gasteiger partial charge on any atom is 0.433 e. The Kier molecular flexibility index (Phi) is 3.13. The number of hydrogen-bond donors (Lipinski definition) is 0. The Balaban J connectivity index is 3.04. The van der Waals surface area contributed by atoms with Gasteiger partial charge >= 0.3 is 6.18 Å². The first-order valence-electron chi connectivity index (χ1n) is 4.45. The van der Waals surface area contributed by atoms with E-state index < -0.39 is 11.9 Å². The second-order valence-electron chi connectivity index (χ2n) is 3.21. The molecule has 1 rings (SSSR count). The highest BCUT2D eigenvalue weighted by molar-refractivity contribution is 6.04. The quantitative estimate of drug-likeness (QED) is 0.617. The van der Waals surface area contributed by atoms with E-state index in [0.717, 1.165) is 12.0 Å². The van der Waals surface area contributed by atoms with Crippen LogP contribution in [0.4, 0.5) is 13.2 Å². The molecule has 0 saturated heterocycles. The van der Waals surface area contributed by atoms with Gasteiger partial charge in [0.2, 0.25) is 0 Å². The Morgan fingerprint density at radius 3 is 2.57 bits per heavy atom. The summed E-state index contributed by atoms with van der Waals surface area (Å²) in [5.74, 6) is 0. The smallest absolute Gasteiger partial charge is 0.252 e. The van der Waals surface area contributed by atoms with Gasteiger partial charge in [-0.3, -0.25) is 4.99 Å². The van der Waals surface area contributed by atoms with Gasteiger partial charge in [0.15, 0.2) is 0 Å². The summed E-state index contributed by atoms with van der Waals surface area (Å²) >= 11 is 0. The predicted molar refractivity (Wildman–Crippen MR) is 50.2 cm³/mol. The van der Waals surface area contributed by atoms with Crippen molar-refractivity contribution in [3.05, 3.63) is 23.4 Å². The molecule has 78 valence electrons. The molecule has 1 aliphatic heterocycles. The van der Waals surface area contributed by atoms with Gasteiger partial charge in [0, 0.05) is 6.20 Å². The van der Waals surface area contributed by atoms with Crippen LogP contribution in [-0.4, -0.2) is 11.9 Å². The number of rotatable bonds is 1. The van der Waals surface area contributed by atoms with Gasteiger partial charge in [-0.25, -0.2) is 0 Å². The van der Waals surface area contributed by atoms with E-state index >= 15 is 0 Å². The molecular weight excluding hydrogens is 191 g/mol. The third-order valence-corrected chi connectivity index (χ3v) is 2.14. The van der Waals surface area contributed by atoms with E-state index in [1.54, 1.807) is 6.08 Å². The molecule has 0 aromatic rings. The van der Waals surface area contributed by atoms with Crippen molar-refractivity contribution in [1.29, 1.82) is 0 Å². The van der Waals surface area contributed by atoms with Crippen molar-refractivity contribution in [3.8, 4) is 0 Å². The highest BCUT2D eigenvalue weighted by atomic mass is 19.4. The first kappa shape index (κ1) is 11.0. The van der Waals surface area contributed by atoms with Crippen LogP contribution in [0.25, 0.3) is 0 Å². The fraction of sp³-hybridized carbons (Fsp3) is 0.500. The molecule has 1 nitrogen and oxygen atoms in total. The summed E-state index contributed by atoms with van der Waals surface area (Å²) in [7, 11) is 0. The SMILES string of the molecule is CCC1=CN=C(C(F)(F)F)C(C)=CC1. The summed E-state index contributed by atoms with van der Waals surface area (Å²) in [4.78, 5) is 3.49.